The molecule has 1 aromatic heterocycles. The minimum absolute atomic E-state index is 0.509. The summed E-state index contributed by atoms with van der Waals surface area (Å²) in [4.78, 5) is 2.40. The number of hydrogen-bond donors (Lipinski definition) is 0. The van der Waals surface area contributed by atoms with Gasteiger partial charge >= 0.3 is 0 Å². The van der Waals surface area contributed by atoms with E-state index in [1.807, 2.05) is 18.7 Å². The molecule has 108 valence electrons. The largest absolute Gasteiger partial charge is 0.357 e. The van der Waals surface area contributed by atoms with Crippen LogP contribution in [0.1, 0.15) is 50.8 Å². The van der Waals surface area contributed by atoms with Gasteiger partial charge in [0.1, 0.15) is 5.82 Å². The van der Waals surface area contributed by atoms with Gasteiger partial charge in [0.25, 0.3) is 0 Å². The summed E-state index contributed by atoms with van der Waals surface area (Å²) in [5, 5.41) is 4.52. The zero-order chi connectivity index (χ0) is 14.2. The molecule has 1 heterocycles. The first kappa shape index (κ1) is 14.7. The fourth-order valence-electron chi connectivity index (χ4n) is 3.23. The second-order valence-electron chi connectivity index (χ2n) is 6.65. The number of nitrogens with zero attached hydrogens (tertiary/aromatic N) is 3. The van der Waals surface area contributed by atoms with Crippen LogP contribution in [0.3, 0.4) is 0 Å². The van der Waals surface area contributed by atoms with E-state index < -0.39 is 0 Å². The Kier molecular flexibility index (Phi) is 4.14. The molecule has 3 nitrogen and oxygen atoms in total. The molecule has 1 aliphatic rings. The Hall–Kier alpha value is -0.700. The van der Waals surface area contributed by atoms with E-state index in [-0.39, 0.29) is 0 Å². The summed E-state index contributed by atoms with van der Waals surface area (Å²) in [7, 11) is 4.21. The summed E-state index contributed by atoms with van der Waals surface area (Å²) < 4.78 is 1.98. The van der Waals surface area contributed by atoms with Crippen molar-refractivity contribution < 1.29 is 0 Å². The van der Waals surface area contributed by atoms with E-state index in [0.29, 0.717) is 17.3 Å². The molecular formula is C15H26ClN3. The summed E-state index contributed by atoms with van der Waals surface area (Å²) in [5.74, 6) is 1.73. The first-order chi connectivity index (χ1) is 8.85. The predicted molar refractivity (Wildman–Crippen MR) is 81.9 cm³/mol. The molecule has 0 unspecified atom stereocenters. The van der Waals surface area contributed by atoms with Gasteiger partial charge in [-0.1, -0.05) is 13.8 Å². The standard InChI is InChI=1S/C15H26ClN3/c1-11-13(10-16)14(19(5)17-11)18(4)12-6-8-15(2,3)9-7-12/h12H,6-10H2,1-5H3. The smallest absolute Gasteiger partial charge is 0.131 e. The molecule has 1 saturated carbocycles. The molecular weight excluding hydrogens is 258 g/mol. The van der Waals surface area contributed by atoms with Crippen molar-refractivity contribution in [2.75, 3.05) is 11.9 Å². The normalized spacial score (nSPS) is 19.7. The number of rotatable bonds is 3. The van der Waals surface area contributed by atoms with Crippen LogP contribution in [-0.2, 0) is 12.9 Å². The Morgan fingerprint density at radius 1 is 1.37 bits per heavy atom. The second-order valence-corrected chi connectivity index (χ2v) is 6.92. The van der Waals surface area contributed by atoms with Gasteiger partial charge in [-0.3, -0.25) is 4.68 Å². The van der Waals surface area contributed by atoms with Gasteiger partial charge in [0.05, 0.1) is 11.6 Å². The van der Waals surface area contributed by atoms with Crippen molar-refractivity contribution in [3.05, 3.63) is 11.3 Å². The molecule has 0 bridgehead atoms. The van der Waals surface area contributed by atoms with Crippen molar-refractivity contribution in [1.29, 1.82) is 0 Å². The maximum Gasteiger partial charge on any atom is 0.131 e. The van der Waals surface area contributed by atoms with Crippen molar-refractivity contribution in [2.45, 2.75) is 58.4 Å². The summed E-state index contributed by atoms with van der Waals surface area (Å²) in [5.41, 5.74) is 2.74. The molecule has 0 N–H and O–H groups in total. The zero-order valence-corrected chi connectivity index (χ0v) is 13.6. The Bertz CT molecular complexity index is 440. The van der Waals surface area contributed by atoms with E-state index in [0.717, 1.165) is 5.69 Å². The Labute approximate surface area is 121 Å². The minimum atomic E-state index is 0.509. The second kappa shape index (κ2) is 5.35. The summed E-state index contributed by atoms with van der Waals surface area (Å²) in [6.07, 6.45) is 5.12. The molecule has 0 spiro atoms. The van der Waals surface area contributed by atoms with E-state index in [4.69, 9.17) is 11.6 Å². The topological polar surface area (TPSA) is 21.1 Å². The van der Waals surface area contributed by atoms with Crippen molar-refractivity contribution in [2.24, 2.45) is 12.5 Å². The SMILES string of the molecule is Cc1nn(C)c(N(C)C2CCC(C)(C)CC2)c1CCl. The van der Waals surface area contributed by atoms with Gasteiger partial charge in [-0.2, -0.15) is 5.10 Å². The zero-order valence-electron chi connectivity index (χ0n) is 12.8. The molecule has 4 heteroatoms. The molecule has 0 radical (unpaired) electrons. The summed E-state index contributed by atoms with van der Waals surface area (Å²) in [6.45, 7) is 6.79. The highest BCUT2D eigenvalue weighted by Crippen LogP contribution is 2.38. The van der Waals surface area contributed by atoms with E-state index in [1.54, 1.807) is 0 Å². The van der Waals surface area contributed by atoms with Crippen LogP contribution >= 0.6 is 11.6 Å². The highest BCUT2D eigenvalue weighted by atomic mass is 35.5. The molecule has 1 aliphatic carbocycles. The van der Waals surface area contributed by atoms with Gasteiger partial charge in [-0.15, -0.1) is 11.6 Å². The third-order valence-electron chi connectivity index (χ3n) is 4.64. The third-order valence-corrected chi connectivity index (χ3v) is 4.90. The van der Waals surface area contributed by atoms with Crippen molar-refractivity contribution in [1.82, 2.24) is 9.78 Å². The number of halogens is 1. The van der Waals surface area contributed by atoms with E-state index in [9.17, 15) is 0 Å². The van der Waals surface area contributed by atoms with Gasteiger partial charge in [-0.05, 0) is 38.0 Å². The van der Waals surface area contributed by atoms with Crippen molar-refractivity contribution >= 4 is 17.4 Å². The number of aromatic nitrogens is 2. The Balaban J connectivity index is 2.19. The van der Waals surface area contributed by atoms with Crippen LogP contribution in [0.25, 0.3) is 0 Å². The number of hydrogen-bond acceptors (Lipinski definition) is 2. The fourth-order valence-corrected chi connectivity index (χ4v) is 3.54. The summed E-state index contributed by atoms with van der Waals surface area (Å²) >= 11 is 6.10. The van der Waals surface area contributed by atoms with Gasteiger partial charge in [0.15, 0.2) is 0 Å². The first-order valence-electron chi connectivity index (χ1n) is 7.17. The van der Waals surface area contributed by atoms with Crippen LogP contribution in [0.4, 0.5) is 5.82 Å². The quantitative estimate of drug-likeness (QED) is 0.785. The lowest BCUT2D eigenvalue weighted by molar-refractivity contribution is 0.222. The highest BCUT2D eigenvalue weighted by Gasteiger charge is 2.30. The fraction of sp³-hybridized carbons (Fsp3) is 0.800. The maximum atomic E-state index is 6.10. The van der Waals surface area contributed by atoms with Crippen LogP contribution in [0.5, 0.6) is 0 Å². The Morgan fingerprint density at radius 2 is 1.95 bits per heavy atom. The monoisotopic (exact) mass is 283 g/mol. The van der Waals surface area contributed by atoms with E-state index >= 15 is 0 Å². The molecule has 1 fully saturated rings. The average molecular weight is 284 g/mol. The van der Waals surface area contributed by atoms with E-state index in [1.165, 1.54) is 37.1 Å². The Morgan fingerprint density at radius 3 is 2.47 bits per heavy atom. The lowest BCUT2D eigenvalue weighted by atomic mass is 9.75. The van der Waals surface area contributed by atoms with Gasteiger partial charge in [0, 0.05) is 25.7 Å². The van der Waals surface area contributed by atoms with Crippen LogP contribution in [0, 0.1) is 12.3 Å². The molecule has 19 heavy (non-hydrogen) atoms. The average Bonchev–Trinajstić information content (AvgIpc) is 2.62. The summed E-state index contributed by atoms with van der Waals surface area (Å²) in [6, 6.07) is 0.616. The van der Waals surface area contributed by atoms with Crippen LogP contribution < -0.4 is 4.90 Å². The van der Waals surface area contributed by atoms with Crippen molar-refractivity contribution in [3.63, 3.8) is 0 Å². The van der Waals surface area contributed by atoms with Gasteiger partial charge < -0.3 is 4.90 Å². The lowest BCUT2D eigenvalue weighted by Gasteiger charge is -2.39. The minimum Gasteiger partial charge on any atom is -0.357 e. The number of aryl methyl sites for hydroxylation is 2. The molecule has 0 saturated heterocycles. The van der Waals surface area contributed by atoms with Crippen LogP contribution in [0.2, 0.25) is 0 Å². The van der Waals surface area contributed by atoms with Crippen molar-refractivity contribution in [3.8, 4) is 0 Å². The first-order valence-corrected chi connectivity index (χ1v) is 7.70. The lowest BCUT2D eigenvalue weighted by Crippen LogP contribution is -2.38. The van der Waals surface area contributed by atoms with Gasteiger partial charge in [-0.25, -0.2) is 0 Å². The predicted octanol–water partition coefficient (Wildman–Crippen LogP) is 3.87. The number of alkyl halides is 1. The maximum absolute atomic E-state index is 6.10. The highest BCUT2D eigenvalue weighted by molar-refractivity contribution is 6.17. The third kappa shape index (κ3) is 2.91. The molecule has 0 aromatic carbocycles. The van der Waals surface area contributed by atoms with Crippen LogP contribution in [0.15, 0.2) is 0 Å². The van der Waals surface area contributed by atoms with Crippen LogP contribution in [-0.4, -0.2) is 22.9 Å². The van der Waals surface area contributed by atoms with E-state index in [2.05, 4.69) is 30.9 Å². The molecule has 1 aromatic rings. The molecule has 2 rings (SSSR count). The molecule has 0 amide bonds. The molecule has 0 aliphatic heterocycles. The van der Waals surface area contributed by atoms with Gasteiger partial charge in [0.2, 0.25) is 0 Å². The molecule has 0 atom stereocenters. The number of anilines is 1.